The van der Waals surface area contributed by atoms with Crippen LogP contribution in [-0.2, 0) is 12.8 Å². The number of hydrogen-bond acceptors (Lipinski definition) is 4. The number of benzene rings is 2. The van der Waals surface area contributed by atoms with Gasteiger partial charge in [0.1, 0.15) is 18.2 Å². The van der Waals surface area contributed by atoms with Gasteiger partial charge in [-0.25, -0.2) is 18.7 Å². The zero-order valence-electron chi connectivity index (χ0n) is 14.0. The van der Waals surface area contributed by atoms with E-state index in [4.69, 9.17) is 4.74 Å². The minimum atomic E-state index is -4.57. The summed E-state index contributed by atoms with van der Waals surface area (Å²) in [5, 5.41) is 0. The Morgan fingerprint density at radius 1 is 0.964 bits per heavy atom. The van der Waals surface area contributed by atoms with Gasteiger partial charge in [0.25, 0.3) is 0 Å². The summed E-state index contributed by atoms with van der Waals surface area (Å²) >= 11 is 0. The standard InChI is InChI=1S/C19H11F5N2O2/c20-15-5-4-12(16(21)7-15)10-28-18-25-8-13(9-26-18)17(27)11-2-1-3-14(6-11)19(22,23)24/h1-9H,10H2. The van der Waals surface area contributed by atoms with Crippen molar-refractivity contribution in [3.05, 3.63) is 88.7 Å². The summed E-state index contributed by atoms with van der Waals surface area (Å²) in [4.78, 5) is 19.9. The van der Waals surface area contributed by atoms with Crippen molar-refractivity contribution in [2.45, 2.75) is 12.8 Å². The van der Waals surface area contributed by atoms with Crippen molar-refractivity contribution in [1.29, 1.82) is 0 Å². The van der Waals surface area contributed by atoms with Gasteiger partial charge in [-0.1, -0.05) is 12.1 Å². The van der Waals surface area contributed by atoms with Gasteiger partial charge in [-0.15, -0.1) is 0 Å². The molecule has 0 spiro atoms. The molecule has 4 nitrogen and oxygen atoms in total. The van der Waals surface area contributed by atoms with Gasteiger partial charge in [0.15, 0.2) is 5.78 Å². The fourth-order valence-electron chi connectivity index (χ4n) is 2.29. The molecule has 0 aliphatic heterocycles. The van der Waals surface area contributed by atoms with Crippen molar-refractivity contribution < 1.29 is 31.5 Å². The van der Waals surface area contributed by atoms with Crippen LogP contribution in [0.4, 0.5) is 22.0 Å². The maximum absolute atomic E-state index is 13.5. The van der Waals surface area contributed by atoms with Gasteiger partial charge in [-0.2, -0.15) is 13.2 Å². The molecular weight excluding hydrogens is 383 g/mol. The Morgan fingerprint density at radius 3 is 2.32 bits per heavy atom. The van der Waals surface area contributed by atoms with Crippen LogP contribution in [0.1, 0.15) is 27.0 Å². The number of rotatable bonds is 5. The third kappa shape index (κ3) is 4.48. The summed E-state index contributed by atoms with van der Waals surface area (Å²) in [6.45, 7) is -0.271. The first-order valence-corrected chi connectivity index (χ1v) is 7.85. The monoisotopic (exact) mass is 394 g/mol. The predicted octanol–water partition coefficient (Wildman–Crippen LogP) is 4.58. The summed E-state index contributed by atoms with van der Waals surface area (Å²) in [7, 11) is 0. The van der Waals surface area contributed by atoms with Crippen LogP contribution in [0.2, 0.25) is 0 Å². The molecule has 0 saturated heterocycles. The maximum atomic E-state index is 13.5. The third-order valence-corrected chi connectivity index (χ3v) is 3.71. The molecule has 2 aromatic carbocycles. The number of carbonyl (C=O) groups excluding carboxylic acids is 1. The smallest absolute Gasteiger partial charge is 0.416 e. The molecule has 3 rings (SSSR count). The Labute approximate surface area is 155 Å². The number of hydrogen-bond donors (Lipinski definition) is 0. The summed E-state index contributed by atoms with van der Waals surface area (Å²) < 4.78 is 69.9. The van der Waals surface area contributed by atoms with Crippen LogP contribution in [-0.4, -0.2) is 15.8 Å². The molecule has 144 valence electrons. The van der Waals surface area contributed by atoms with Crippen LogP contribution < -0.4 is 4.74 Å². The Kier molecular flexibility index (Phi) is 5.34. The molecule has 0 bridgehead atoms. The summed E-state index contributed by atoms with van der Waals surface area (Å²) in [5.74, 6) is -2.21. The molecule has 0 amide bonds. The second-order valence-corrected chi connectivity index (χ2v) is 5.69. The van der Waals surface area contributed by atoms with Crippen LogP contribution in [0, 0.1) is 11.6 Å². The Bertz CT molecular complexity index is 1000. The predicted molar refractivity (Wildman–Crippen MR) is 87.6 cm³/mol. The molecule has 0 fully saturated rings. The Morgan fingerprint density at radius 2 is 1.68 bits per heavy atom. The van der Waals surface area contributed by atoms with E-state index < -0.39 is 29.2 Å². The average molecular weight is 394 g/mol. The zero-order chi connectivity index (χ0) is 20.3. The van der Waals surface area contributed by atoms with E-state index in [0.717, 1.165) is 36.7 Å². The van der Waals surface area contributed by atoms with E-state index >= 15 is 0 Å². The molecule has 0 aliphatic rings. The number of ether oxygens (including phenoxy) is 1. The van der Waals surface area contributed by atoms with E-state index in [1.165, 1.54) is 12.1 Å². The number of alkyl halides is 3. The molecule has 1 heterocycles. The number of ketones is 1. The van der Waals surface area contributed by atoms with Gasteiger partial charge in [-0.3, -0.25) is 4.79 Å². The lowest BCUT2D eigenvalue weighted by Gasteiger charge is -2.08. The van der Waals surface area contributed by atoms with Crippen molar-refractivity contribution in [3.8, 4) is 6.01 Å². The van der Waals surface area contributed by atoms with Gasteiger partial charge in [-0.05, 0) is 24.3 Å². The number of aromatic nitrogens is 2. The molecule has 3 aromatic rings. The minimum Gasteiger partial charge on any atom is -0.458 e. The Balaban J connectivity index is 1.71. The first-order chi connectivity index (χ1) is 13.2. The molecular formula is C19H11F5N2O2. The van der Waals surface area contributed by atoms with Gasteiger partial charge < -0.3 is 4.74 Å². The van der Waals surface area contributed by atoms with Gasteiger partial charge >= 0.3 is 12.2 Å². The third-order valence-electron chi connectivity index (χ3n) is 3.71. The maximum Gasteiger partial charge on any atom is 0.416 e. The van der Waals surface area contributed by atoms with E-state index in [0.29, 0.717) is 6.07 Å². The minimum absolute atomic E-state index is 0.0420. The van der Waals surface area contributed by atoms with Crippen LogP contribution >= 0.6 is 0 Å². The highest BCUT2D eigenvalue weighted by Crippen LogP contribution is 2.30. The summed E-state index contributed by atoms with van der Waals surface area (Å²) in [5.41, 5.74) is -1.07. The van der Waals surface area contributed by atoms with Gasteiger partial charge in [0, 0.05) is 29.6 Å². The van der Waals surface area contributed by atoms with Crippen molar-refractivity contribution in [3.63, 3.8) is 0 Å². The lowest BCUT2D eigenvalue weighted by molar-refractivity contribution is -0.137. The molecule has 0 radical (unpaired) electrons. The van der Waals surface area contributed by atoms with Crippen LogP contribution in [0.3, 0.4) is 0 Å². The molecule has 0 atom stereocenters. The van der Waals surface area contributed by atoms with Crippen LogP contribution in [0.15, 0.2) is 54.9 Å². The fraction of sp³-hybridized carbons (Fsp3) is 0.105. The first-order valence-electron chi connectivity index (χ1n) is 7.85. The summed E-state index contributed by atoms with van der Waals surface area (Å²) in [6, 6.07) is 6.78. The molecule has 0 saturated carbocycles. The topological polar surface area (TPSA) is 52.1 Å². The fourth-order valence-corrected chi connectivity index (χ4v) is 2.29. The quantitative estimate of drug-likeness (QED) is 0.470. The normalized spacial score (nSPS) is 11.3. The van der Waals surface area contributed by atoms with Crippen molar-refractivity contribution in [1.82, 2.24) is 9.97 Å². The van der Waals surface area contributed by atoms with Crippen molar-refractivity contribution in [2.24, 2.45) is 0 Å². The average Bonchev–Trinajstić information content (AvgIpc) is 2.67. The van der Waals surface area contributed by atoms with Crippen LogP contribution in [0.25, 0.3) is 0 Å². The molecule has 0 N–H and O–H groups in total. The molecule has 0 aliphatic carbocycles. The lowest BCUT2D eigenvalue weighted by Crippen LogP contribution is -2.09. The highest BCUT2D eigenvalue weighted by atomic mass is 19.4. The largest absolute Gasteiger partial charge is 0.458 e. The number of carbonyl (C=O) groups is 1. The highest BCUT2D eigenvalue weighted by molar-refractivity contribution is 6.08. The molecule has 28 heavy (non-hydrogen) atoms. The van der Waals surface area contributed by atoms with Crippen molar-refractivity contribution >= 4 is 5.78 Å². The van der Waals surface area contributed by atoms with E-state index in [2.05, 4.69) is 9.97 Å². The second kappa shape index (κ2) is 7.71. The van der Waals surface area contributed by atoms with Gasteiger partial charge in [0.05, 0.1) is 11.1 Å². The second-order valence-electron chi connectivity index (χ2n) is 5.69. The van der Waals surface area contributed by atoms with E-state index in [9.17, 15) is 26.7 Å². The Hall–Kier alpha value is -3.36. The first kappa shape index (κ1) is 19.4. The lowest BCUT2D eigenvalue weighted by atomic mass is 10.0. The summed E-state index contributed by atoms with van der Waals surface area (Å²) in [6.07, 6.45) is -2.39. The molecule has 0 unspecified atom stereocenters. The van der Waals surface area contributed by atoms with E-state index in [1.54, 1.807) is 0 Å². The highest BCUT2D eigenvalue weighted by Gasteiger charge is 2.31. The number of halogens is 5. The number of nitrogens with zero attached hydrogens (tertiary/aromatic N) is 2. The molecule has 9 heteroatoms. The van der Waals surface area contributed by atoms with E-state index in [-0.39, 0.29) is 29.3 Å². The van der Waals surface area contributed by atoms with E-state index in [1.807, 2.05) is 0 Å². The van der Waals surface area contributed by atoms with Crippen LogP contribution in [0.5, 0.6) is 6.01 Å². The van der Waals surface area contributed by atoms with Gasteiger partial charge in [0.2, 0.25) is 0 Å². The SMILES string of the molecule is O=C(c1cnc(OCc2ccc(F)cc2F)nc1)c1cccc(C(F)(F)F)c1. The van der Waals surface area contributed by atoms with Crippen molar-refractivity contribution in [2.75, 3.05) is 0 Å². The zero-order valence-corrected chi connectivity index (χ0v) is 14.0. The molecule has 1 aromatic heterocycles.